The smallest absolute Gasteiger partial charge is 0.312 e. The van der Waals surface area contributed by atoms with E-state index in [0.29, 0.717) is 39.4 Å². The van der Waals surface area contributed by atoms with Gasteiger partial charge in [-0.2, -0.15) is 0 Å². The van der Waals surface area contributed by atoms with Crippen LogP contribution in [-0.4, -0.2) is 56.7 Å². The van der Waals surface area contributed by atoms with Crippen molar-refractivity contribution in [3.8, 4) is 0 Å². The van der Waals surface area contributed by atoms with Crippen LogP contribution < -0.4 is 16.4 Å². The number of carbonyl (C=O) groups is 3. The van der Waals surface area contributed by atoms with Crippen LogP contribution in [0.2, 0.25) is 0 Å². The number of ketones is 1. The topological polar surface area (TPSA) is 120 Å². The number of rotatable bonds is 11. The monoisotopic (exact) mass is 373 g/mol. The molecule has 0 aliphatic heterocycles. The van der Waals surface area contributed by atoms with Crippen molar-refractivity contribution in [1.29, 1.82) is 0 Å². The predicted molar refractivity (Wildman–Crippen MR) is 99.8 cm³/mol. The van der Waals surface area contributed by atoms with Crippen molar-refractivity contribution >= 4 is 17.7 Å². The molecule has 0 atom stereocenters. The van der Waals surface area contributed by atoms with E-state index in [1.165, 1.54) is 0 Å². The summed E-state index contributed by atoms with van der Waals surface area (Å²) in [6.07, 6.45) is 3.77. The second kappa shape index (κ2) is 15.6. The minimum atomic E-state index is -0.573. The number of carbonyl (C=O) groups excluding carboxylic acids is 3. The van der Waals surface area contributed by atoms with E-state index >= 15 is 0 Å². The van der Waals surface area contributed by atoms with Crippen molar-refractivity contribution in [3.63, 3.8) is 0 Å². The van der Waals surface area contributed by atoms with Crippen molar-refractivity contribution in [2.75, 3.05) is 33.0 Å². The zero-order valence-corrected chi connectivity index (χ0v) is 16.3. The van der Waals surface area contributed by atoms with E-state index in [1.54, 1.807) is 6.92 Å². The Hall–Kier alpha value is -1.67. The predicted octanol–water partition coefficient (Wildman–Crippen LogP) is 1.37. The maximum Gasteiger partial charge on any atom is 0.312 e. The normalized spacial score (nSPS) is 19.0. The van der Waals surface area contributed by atoms with Crippen LogP contribution in [0.1, 0.15) is 52.9 Å². The molecular weight excluding hydrogens is 338 g/mol. The third kappa shape index (κ3) is 12.7. The molecule has 0 heterocycles. The van der Waals surface area contributed by atoms with Crippen LogP contribution in [0.5, 0.6) is 0 Å². The first-order valence-corrected chi connectivity index (χ1v) is 9.47. The molecule has 0 bridgehead atoms. The van der Waals surface area contributed by atoms with E-state index in [9.17, 15) is 14.4 Å². The molecule has 1 aliphatic rings. The lowest BCUT2D eigenvalue weighted by atomic mass is 9.84. The van der Waals surface area contributed by atoms with Crippen LogP contribution in [0.4, 0.5) is 4.79 Å². The summed E-state index contributed by atoms with van der Waals surface area (Å²) >= 11 is 0. The number of hydrogen-bond donors (Lipinski definition) is 3. The Balaban J connectivity index is 0.00000301. The van der Waals surface area contributed by atoms with Gasteiger partial charge < -0.3 is 25.8 Å². The number of hydrogen-bond acceptors (Lipinski definition) is 5. The zero-order chi connectivity index (χ0) is 19.8. The van der Waals surface area contributed by atoms with Gasteiger partial charge in [-0.05, 0) is 32.6 Å². The van der Waals surface area contributed by atoms with Crippen LogP contribution in [0, 0.1) is 5.92 Å². The van der Waals surface area contributed by atoms with Gasteiger partial charge in [0.1, 0.15) is 5.78 Å². The van der Waals surface area contributed by atoms with E-state index in [0.717, 1.165) is 25.7 Å². The molecule has 3 amide bonds. The summed E-state index contributed by atoms with van der Waals surface area (Å²) in [5, 5.41) is 5.41. The molecule has 0 aromatic carbocycles. The van der Waals surface area contributed by atoms with Crippen LogP contribution in [-0.2, 0) is 19.1 Å². The first-order chi connectivity index (χ1) is 12.5. The molecule has 0 aromatic rings. The molecule has 1 fully saturated rings. The Morgan fingerprint density at radius 3 is 2.08 bits per heavy atom. The molecule has 26 heavy (non-hydrogen) atoms. The van der Waals surface area contributed by atoms with Gasteiger partial charge in [0, 0.05) is 24.9 Å². The summed E-state index contributed by atoms with van der Waals surface area (Å²) in [4.78, 5) is 33.5. The fourth-order valence-corrected chi connectivity index (χ4v) is 2.68. The Kier molecular flexibility index (Phi) is 14.6. The van der Waals surface area contributed by atoms with E-state index in [4.69, 9.17) is 15.2 Å². The van der Waals surface area contributed by atoms with Crippen molar-refractivity contribution in [1.82, 2.24) is 10.6 Å². The van der Waals surface area contributed by atoms with E-state index in [2.05, 4.69) is 10.6 Å². The average molecular weight is 373 g/mol. The van der Waals surface area contributed by atoms with Crippen LogP contribution in [0.15, 0.2) is 0 Å². The number of nitrogens with two attached hydrogens (primary N) is 1. The fraction of sp³-hybridized carbons (Fsp3) is 0.833. The van der Waals surface area contributed by atoms with E-state index in [-0.39, 0.29) is 23.7 Å². The fourth-order valence-electron chi connectivity index (χ4n) is 2.68. The van der Waals surface area contributed by atoms with Gasteiger partial charge in [0.05, 0.1) is 26.4 Å². The average Bonchev–Trinajstić information content (AvgIpc) is 2.62. The second-order valence-corrected chi connectivity index (χ2v) is 5.99. The zero-order valence-electron chi connectivity index (χ0n) is 16.3. The van der Waals surface area contributed by atoms with E-state index < -0.39 is 6.03 Å². The number of primary amides is 1. The summed E-state index contributed by atoms with van der Waals surface area (Å²) in [5.41, 5.74) is 4.91. The van der Waals surface area contributed by atoms with Gasteiger partial charge in [0.15, 0.2) is 0 Å². The standard InChI is InChI=1S/C16H29N3O5.C2H6/c1-12(20)13-2-4-14(5-3-13)19-15(21)6-8-23-10-11-24-9-7-18-16(17)22;1-2/h13-14H,2-11H2,1H3,(H,19,21)(H3,17,18,22);1-2H3. The summed E-state index contributed by atoms with van der Waals surface area (Å²) in [6, 6.07) is -0.398. The van der Waals surface area contributed by atoms with Gasteiger partial charge in [-0.3, -0.25) is 9.59 Å². The van der Waals surface area contributed by atoms with Crippen molar-refractivity contribution in [2.24, 2.45) is 11.7 Å². The summed E-state index contributed by atoms with van der Waals surface area (Å²) in [6.45, 7) is 7.51. The van der Waals surface area contributed by atoms with Crippen molar-refractivity contribution in [3.05, 3.63) is 0 Å². The molecule has 1 aliphatic carbocycles. The lowest BCUT2D eigenvalue weighted by Crippen LogP contribution is -2.38. The summed E-state index contributed by atoms with van der Waals surface area (Å²) in [5.74, 6) is 0.397. The Morgan fingerprint density at radius 2 is 1.54 bits per heavy atom. The number of ether oxygens (including phenoxy) is 2. The van der Waals surface area contributed by atoms with Crippen LogP contribution in [0.25, 0.3) is 0 Å². The second-order valence-electron chi connectivity index (χ2n) is 5.99. The molecule has 1 saturated carbocycles. The Bertz CT molecular complexity index is 410. The highest BCUT2D eigenvalue weighted by molar-refractivity contribution is 5.78. The third-order valence-electron chi connectivity index (χ3n) is 4.06. The first kappa shape index (κ1) is 24.3. The van der Waals surface area contributed by atoms with Crippen molar-refractivity contribution in [2.45, 2.75) is 58.9 Å². The molecule has 1 rings (SSSR count). The molecule has 152 valence electrons. The maximum atomic E-state index is 11.8. The molecule has 8 nitrogen and oxygen atoms in total. The van der Waals surface area contributed by atoms with E-state index in [1.807, 2.05) is 13.8 Å². The maximum absolute atomic E-state index is 11.8. The summed E-state index contributed by atoms with van der Waals surface area (Å²) in [7, 11) is 0. The van der Waals surface area contributed by atoms with Crippen LogP contribution in [0.3, 0.4) is 0 Å². The minimum Gasteiger partial charge on any atom is -0.379 e. The lowest BCUT2D eigenvalue weighted by Gasteiger charge is -2.27. The third-order valence-corrected chi connectivity index (χ3v) is 4.06. The lowest BCUT2D eigenvalue weighted by molar-refractivity contribution is -0.123. The molecule has 4 N–H and O–H groups in total. The van der Waals surface area contributed by atoms with Crippen molar-refractivity contribution < 1.29 is 23.9 Å². The molecule has 0 unspecified atom stereocenters. The quantitative estimate of drug-likeness (QED) is 0.473. The number of urea groups is 1. The molecule has 0 aromatic heterocycles. The van der Waals surface area contributed by atoms with Gasteiger partial charge in [-0.1, -0.05) is 13.8 Å². The highest BCUT2D eigenvalue weighted by atomic mass is 16.5. The van der Waals surface area contributed by atoms with Gasteiger partial charge >= 0.3 is 6.03 Å². The summed E-state index contributed by atoms with van der Waals surface area (Å²) < 4.78 is 10.5. The minimum absolute atomic E-state index is 0.0205. The van der Waals surface area contributed by atoms with Gasteiger partial charge in [0.2, 0.25) is 5.91 Å². The van der Waals surface area contributed by atoms with Crippen LogP contribution >= 0.6 is 0 Å². The van der Waals surface area contributed by atoms with Gasteiger partial charge in [-0.15, -0.1) is 0 Å². The molecule has 0 spiro atoms. The number of Topliss-reactive ketones (excluding diaryl/α,β-unsaturated/α-hetero) is 1. The first-order valence-electron chi connectivity index (χ1n) is 9.47. The Labute approximate surface area is 156 Å². The molecule has 0 saturated heterocycles. The number of amides is 3. The highest BCUT2D eigenvalue weighted by Crippen LogP contribution is 2.24. The SMILES string of the molecule is CC.CC(=O)C1CCC(NC(=O)CCOCCOCCNC(N)=O)CC1. The van der Waals surface area contributed by atoms with Gasteiger partial charge in [0.25, 0.3) is 0 Å². The highest BCUT2D eigenvalue weighted by Gasteiger charge is 2.24. The molecule has 8 heteroatoms. The Morgan fingerprint density at radius 1 is 0.962 bits per heavy atom. The molecular formula is C18H35N3O5. The molecule has 0 radical (unpaired) electrons. The largest absolute Gasteiger partial charge is 0.379 e. The van der Waals surface area contributed by atoms with Gasteiger partial charge in [-0.25, -0.2) is 4.79 Å². The number of nitrogens with one attached hydrogen (secondary N) is 2.